The molecule has 3 N–H and O–H groups in total. The lowest BCUT2D eigenvalue weighted by molar-refractivity contribution is -0.121. The van der Waals surface area contributed by atoms with Crippen molar-refractivity contribution in [2.45, 2.75) is 44.5 Å². The van der Waals surface area contributed by atoms with Gasteiger partial charge in [0.05, 0.1) is 18.8 Å². The van der Waals surface area contributed by atoms with Crippen molar-refractivity contribution in [3.05, 3.63) is 47.5 Å². The highest BCUT2D eigenvalue weighted by Crippen LogP contribution is 2.41. The number of aliphatic hydroxyl groups is 3. The molecule has 166 valence electrons. The molecule has 0 saturated heterocycles. The van der Waals surface area contributed by atoms with Crippen LogP contribution in [0.3, 0.4) is 0 Å². The topological polar surface area (TPSA) is 87.0 Å². The Hall–Kier alpha value is -1.18. The summed E-state index contributed by atoms with van der Waals surface area (Å²) in [4.78, 5) is 12.4. The van der Waals surface area contributed by atoms with E-state index in [1.165, 1.54) is 0 Å². The summed E-state index contributed by atoms with van der Waals surface area (Å²) in [5.41, 5.74) is 2.09. The van der Waals surface area contributed by atoms with E-state index in [1.807, 2.05) is 42.1 Å². The van der Waals surface area contributed by atoms with E-state index in [2.05, 4.69) is 0 Å². The fourth-order valence-electron chi connectivity index (χ4n) is 4.35. The number of rotatable bonds is 12. The minimum atomic E-state index is -0.664. The largest absolute Gasteiger partial charge is 0.396 e. The minimum absolute atomic E-state index is 0.124. The van der Waals surface area contributed by atoms with Crippen LogP contribution in [0.25, 0.3) is 0 Å². The molecule has 0 radical (unpaired) electrons. The summed E-state index contributed by atoms with van der Waals surface area (Å²) in [6.45, 7) is 0.821. The number of carbonyl (C=O) groups is 1. The van der Waals surface area contributed by atoms with Gasteiger partial charge in [-0.25, -0.2) is 0 Å². The summed E-state index contributed by atoms with van der Waals surface area (Å²) in [6, 6.07) is 7.95. The quantitative estimate of drug-likeness (QED) is 0.346. The van der Waals surface area contributed by atoms with Crippen molar-refractivity contribution in [3.63, 3.8) is 0 Å². The number of Topliss-reactive ketones (excluding diaryl/α,β-unsaturated/α-hetero) is 1. The van der Waals surface area contributed by atoms with Gasteiger partial charge in [0.1, 0.15) is 5.78 Å². The molecule has 0 heterocycles. The molecule has 2 unspecified atom stereocenters. The van der Waals surface area contributed by atoms with Gasteiger partial charge in [-0.1, -0.05) is 36.4 Å². The molecule has 0 spiro atoms. The number of ketones is 1. The van der Waals surface area contributed by atoms with E-state index < -0.39 is 12.2 Å². The number of carbonyl (C=O) groups excluding carboxylic acids is 1. The van der Waals surface area contributed by atoms with Crippen LogP contribution in [-0.4, -0.2) is 58.5 Å². The first-order valence-corrected chi connectivity index (χ1v) is 12.0. The van der Waals surface area contributed by atoms with Crippen LogP contribution in [0.5, 0.6) is 0 Å². The van der Waals surface area contributed by atoms with Crippen molar-refractivity contribution >= 4 is 17.5 Å². The minimum Gasteiger partial charge on any atom is -0.396 e. The molecule has 0 bridgehead atoms. The summed E-state index contributed by atoms with van der Waals surface area (Å²) in [7, 11) is 1.66. The maximum absolute atomic E-state index is 12.4. The number of hydrogen-bond donors (Lipinski definition) is 3. The van der Waals surface area contributed by atoms with Crippen LogP contribution < -0.4 is 0 Å². The smallest absolute Gasteiger partial charge is 0.139 e. The Labute approximate surface area is 183 Å². The third-order valence-corrected chi connectivity index (χ3v) is 7.43. The Morgan fingerprint density at radius 1 is 1.30 bits per heavy atom. The van der Waals surface area contributed by atoms with E-state index in [0.717, 1.165) is 35.5 Å². The SMILES string of the molecule is COCc1cccc(C[C@H](O)/C=C/[C@H]2[C@H](O)CC(=O)[C@@H]2CCSCC2CC2CO)c1. The lowest BCUT2D eigenvalue weighted by atomic mass is 9.91. The second-order valence-corrected chi connectivity index (χ2v) is 9.78. The molecule has 0 aliphatic heterocycles. The maximum Gasteiger partial charge on any atom is 0.139 e. The van der Waals surface area contributed by atoms with Gasteiger partial charge in [-0.15, -0.1) is 0 Å². The van der Waals surface area contributed by atoms with Crippen LogP contribution in [0.4, 0.5) is 0 Å². The molecule has 0 amide bonds. The fourth-order valence-corrected chi connectivity index (χ4v) is 5.65. The highest BCUT2D eigenvalue weighted by molar-refractivity contribution is 7.99. The maximum atomic E-state index is 12.4. The molecule has 5 nitrogen and oxygen atoms in total. The van der Waals surface area contributed by atoms with Crippen LogP contribution in [0.15, 0.2) is 36.4 Å². The summed E-state index contributed by atoms with van der Waals surface area (Å²) >= 11 is 1.84. The van der Waals surface area contributed by atoms with Gasteiger partial charge >= 0.3 is 0 Å². The van der Waals surface area contributed by atoms with Gasteiger partial charge in [-0.3, -0.25) is 4.79 Å². The average Bonchev–Trinajstić information content (AvgIpc) is 3.42. The molecule has 2 saturated carbocycles. The van der Waals surface area contributed by atoms with Crippen LogP contribution >= 0.6 is 11.8 Å². The molecule has 6 atom stereocenters. The first-order chi connectivity index (χ1) is 14.5. The van der Waals surface area contributed by atoms with Crippen molar-refractivity contribution in [3.8, 4) is 0 Å². The Balaban J connectivity index is 1.48. The lowest BCUT2D eigenvalue weighted by Gasteiger charge is -2.18. The summed E-state index contributed by atoms with van der Waals surface area (Å²) in [6.07, 6.45) is 4.80. The second kappa shape index (κ2) is 11.4. The van der Waals surface area contributed by atoms with Crippen molar-refractivity contribution in [1.82, 2.24) is 0 Å². The molecular formula is C24H34O5S. The van der Waals surface area contributed by atoms with Crippen LogP contribution in [0.2, 0.25) is 0 Å². The van der Waals surface area contributed by atoms with E-state index in [0.29, 0.717) is 24.9 Å². The van der Waals surface area contributed by atoms with E-state index in [1.54, 1.807) is 13.2 Å². The second-order valence-electron chi connectivity index (χ2n) is 8.63. The van der Waals surface area contributed by atoms with E-state index >= 15 is 0 Å². The van der Waals surface area contributed by atoms with Crippen LogP contribution in [0, 0.1) is 23.7 Å². The third-order valence-electron chi connectivity index (χ3n) is 6.24. The summed E-state index contributed by atoms with van der Waals surface area (Å²) < 4.78 is 5.16. The van der Waals surface area contributed by atoms with Gasteiger partial charge in [0.25, 0.3) is 0 Å². The Morgan fingerprint density at radius 2 is 2.10 bits per heavy atom. The molecule has 30 heavy (non-hydrogen) atoms. The van der Waals surface area contributed by atoms with Crippen molar-refractivity contribution in [2.24, 2.45) is 23.7 Å². The zero-order chi connectivity index (χ0) is 21.5. The normalized spacial score (nSPS) is 29.6. The highest BCUT2D eigenvalue weighted by atomic mass is 32.2. The average molecular weight is 435 g/mol. The molecular weight excluding hydrogens is 400 g/mol. The van der Waals surface area contributed by atoms with Crippen molar-refractivity contribution < 1.29 is 24.9 Å². The van der Waals surface area contributed by atoms with E-state index in [-0.39, 0.29) is 30.6 Å². The Morgan fingerprint density at radius 3 is 2.83 bits per heavy atom. The first kappa shape index (κ1) is 23.5. The van der Waals surface area contributed by atoms with Crippen molar-refractivity contribution in [2.75, 3.05) is 25.2 Å². The Kier molecular flexibility index (Phi) is 8.96. The van der Waals surface area contributed by atoms with Crippen LogP contribution in [0.1, 0.15) is 30.4 Å². The van der Waals surface area contributed by atoms with E-state index in [4.69, 9.17) is 9.84 Å². The number of aliphatic hydroxyl groups excluding tert-OH is 3. The van der Waals surface area contributed by atoms with Gasteiger partial charge < -0.3 is 20.1 Å². The predicted octanol–water partition coefficient (Wildman–Crippen LogP) is 2.61. The van der Waals surface area contributed by atoms with Gasteiger partial charge in [0.15, 0.2) is 0 Å². The zero-order valence-corrected chi connectivity index (χ0v) is 18.5. The van der Waals surface area contributed by atoms with Gasteiger partial charge in [0, 0.05) is 38.4 Å². The number of hydrogen-bond acceptors (Lipinski definition) is 6. The first-order valence-electron chi connectivity index (χ1n) is 10.8. The number of methoxy groups -OCH3 is 1. The lowest BCUT2D eigenvalue weighted by Crippen LogP contribution is -2.20. The standard InChI is InChI=1S/C24H34O5S/c1-29-14-17-4-2-3-16(9-17)10-20(26)5-6-21-22(24(28)12-23(21)27)7-8-30-15-19-11-18(19)13-25/h2-6,9,18-23,25-27H,7-8,10-15H2,1H3/b6-5+/t18?,19?,20-,21-,22-,23-/m1/s1. The van der Waals surface area contributed by atoms with Crippen LogP contribution in [-0.2, 0) is 22.6 Å². The summed E-state index contributed by atoms with van der Waals surface area (Å²) in [5.74, 6) is 2.75. The van der Waals surface area contributed by atoms with Gasteiger partial charge in [-0.05, 0) is 47.3 Å². The highest BCUT2D eigenvalue weighted by Gasteiger charge is 2.40. The molecule has 2 aliphatic rings. The monoisotopic (exact) mass is 434 g/mol. The molecule has 1 aromatic rings. The summed E-state index contributed by atoms with van der Waals surface area (Å²) in [5, 5.41) is 29.9. The van der Waals surface area contributed by atoms with Crippen molar-refractivity contribution in [1.29, 1.82) is 0 Å². The fraction of sp³-hybridized carbons (Fsp3) is 0.625. The van der Waals surface area contributed by atoms with Gasteiger partial charge in [-0.2, -0.15) is 11.8 Å². The molecule has 6 heteroatoms. The zero-order valence-electron chi connectivity index (χ0n) is 17.7. The number of benzene rings is 1. The number of thioether (sulfide) groups is 1. The molecule has 1 aromatic carbocycles. The number of ether oxygens (including phenoxy) is 1. The third kappa shape index (κ3) is 6.66. The van der Waals surface area contributed by atoms with Gasteiger partial charge in [0.2, 0.25) is 0 Å². The molecule has 2 aliphatic carbocycles. The molecule has 0 aromatic heterocycles. The molecule has 2 fully saturated rings. The molecule has 3 rings (SSSR count). The Bertz CT molecular complexity index is 721. The van der Waals surface area contributed by atoms with E-state index in [9.17, 15) is 15.0 Å². The predicted molar refractivity (Wildman–Crippen MR) is 119 cm³/mol.